The van der Waals surface area contributed by atoms with Crippen molar-refractivity contribution in [2.45, 2.75) is 51.0 Å². The summed E-state index contributed by atoms with van der Waals surface area (Å²) in [4.78, 5) is 16.0. The Kier molecular flexibility index (Phi) is 6.16. The molecule has 34 heavy (non-hydrogen) atoms. The molecule has 3 aliphatic rings. The average molecular weight is 493 g/mol. The van der Waals surface area contributed by atoms with E-state index in [1.54, 1.807) is 6.07 Å². The van der Waals surface area contributed by atoms with Gasteiger partial charge < -0.3 is 14.6 Å². The number of cyclic esters (lactones) is 1. The van der Waals surface area contributed by atoms with Crippen molar-refractivity contribution in [2.75, 3.05) is 24.6 Å². The van der Waals surface area contributed by atoms with Crippen molar-refractivity contribution in [1.29, 1.82) is 0 Å². The Morgan fingerprint density at radius 1 is 1.21 bits per heavy atom. The van der Waals surface area contributed by atoms with Crippen LogP contribution < -0.4 is 9.64 Å². The molecule has 0 bridgehead atoms. The van der Waals surface area contributed by atoms with E-state index < -0.39 is 29.9 Å². The number of β-amino-alcohol motifs (C(OH)–C–C–N with tert-alkyl or cyclic N) is 1. The molecular formula is C25H27ClF2N2O4. The Hall–Kier alpha value is -2.42. The first kappa shape index (κ1) is 23.3. The highest BCUT2D eigenvalue weighted by Gasteiger charge is 2.43. The molecule has 0 spiro atoms. The fourth-order valence-corrected chi connectivity index (χ4v) is 5.45. The predicted molar refractivity (Wildman–Crippen MR) is 123 cm³/mol. The first-order valence-corrected chi connectivity index (χ1v) is 11.9. The molecule has 1 amide bonds. The zero-order chi connectivity index (χ0) is 24.1. The molecule has 0 unspecified atom stereocenters. The largest absolute Gasteiger partial charge is 0.481 e. The monoisotopic (exact) mass is 492 g/mol. The van der Waals surface area contributed by atoms with Crippen LogP contribution in [0.3, 0.4) is 0 Å². The van der Waals surface area contributed by atoms with E-state index >= 15 is 0 Å². The molecule has 5 rings (SSSR count). The molecular weight excluding hydrogens is 466 g/mol. The molecule has 0 aromatic heterocycles. The Balaban J connectivity index is 1.51. The maximum Gasteiger partial charge on any atom is 0.414 e. The maximum absolute atomic E-state index is 15.0. The number of aliphatic hydroxyl groups excluding tert-OH is 1. The summed E-state index contributed by atoms with van der Waals surface area (Å²) in [5.41, 5.74) is 1.53. The number of amides is 1. The molecule has 9 heteroatoms. The molecule has 2 heterocycles. The van der Waals surface area contributed by atoms with Crippen molar-refractivity contribution >= 4 is 23.4 Å². The Labute approximate surface area is 202 Å². The van der Waals surface area contributed by atoms with Gasteiger partial charge in [-0.2, -0.15) is 0 Å². The Bertz CT molecular complexity index is 1110. The maximum atomic E-state index is 15.0. The molecule has 2 aliphatic heterocycles. The highest BCUT2D eigenvalue weighted by molar-refractivity contribution is 6.30. The topological polar surface area (TPSA) is 62.2 Å². The number of hydrogen-bond donors (Lipinski definition) is 1. The molecule has 2 aromatic rings. The lowest BCUT2D eigenvalue weighted by molar-refractivity contribution is 0.0790. The molecule has 2 aromatic carbocycles. The second-order valence-corrected chi connectivity index (χ2v) is 10.0. The molecule has 4 atom stereocenters. The predicted octanol–water partition coefficient (Wildman–Crippen LogP) is 4.71. The van der Waals surface area contributed by atoms with Gasteiger partial charge in [-0.15, -0.1) is 0 Å². The zero-order valence-corrected chi connectivity index (χ0v) is 19.8. The summed E-state index contributed by atoms with van der Waals surface area (Å²) in [5, 5.41) is 10.3. The van der Waals surface area contributed by atoms with Gasteiger partial charge in [-0.1, -0.05) is 25.4 Å². The summed E-state index contributed by atoms with van der Waals surface area (Å²) >= 11 is 6.15. The van der Waals surface area contributed by atoms with E-state index in [-0.39, 0.29) is 35.4 Å². The highest BCUT2D eigenvalue weighted by atomic mass is 35.5. The van der Waals surface area contributed by atoms with Gasteiger partial charge in [0.1, 0.15) is 18.5 Å². The van der Waals surface area contributed by atoms with E-state index in [9.17, 15) is 18.7 Å². The number of halogens is 3. The van der Waals surface area contributed by atoms with Crippen molar-refractivity contribution < 1.29 is 28.2 Å². The second-order valence-electron chi connectivity index (χ2n) is 9.58. The van der Waals surface area contributed by atoms with Crippen LogP contribution in [0, 0.1) is 17.6 Å². The molecule has 0 saturated carbocycles. The molecule has 2 saturated heterocycles. The number of anilines is 1. The van der Waals surface area contributed by atoms with Crippen LogP contribution in [0.25, 0.3) is 0 Å². The van der Waals surface area contributed by atoms with Crippen LogP contribution in [-0.2, 0) is 11.2 Å². The van der Waals surface area contributed by atoms with Crippen LogP contribution >= 0.6 is 11.6 Å². The van der Waals surface area contributed by atoms with Gasteiger partial charge >= 0.3 is 6.09 Å². The first-order valence-electron chi connectivity index (χ1n) is 11.5. The summed E-state index contributed by atoms with van der Waals surface area (Å²) < 4.78 is 41.2. The molecule has 182 valence electrons. The van der Waals surface area contributed by atoms with Gasteiger partial charge in [0.2, 0.25) is 0 Å². The normalized spacial score (nSPS) is 26.9. The number of nitrogens with zero attached hydrogens (tertiary/aromatic N) is 2. The third kappa shape index (κ3) is 4.12. The molecule has 6 nitrogen and oxygen atoms in total. The summed E-state index contributed by atoms with van der Waals surface area (Å²) in [5.74, 6) is -0.915. The fraction of sp³-hybridized carbons (Fsp3) is 0.480. The van der Waals surface area contributed by atoms with Crippen LogP contribution in [0.5, 0.6) is 5.75 Å². The number of carbonyl (C=O) groups is 1. The minimum Gasteiger partial charge on any atom is -0.481 e. The van der Waals surface area contributed by atoms with Gasteiger partial charge in [-0.25, -0.2) is 13.6 Å². The van der Waals surface area contributed by atoms with Crippen LogP contribution in [0.2, 0.25) is 5.02 Å². The number of rotatable bonds is 5. The summed E-state index contributed by atoms with van der Waals surface area (Å²) in [6.45, 7) is 5.31. The quantitative estimate of drug-likeness (QED) is 0.655. The van der Waals surface area contributed by atoms with Gasteiger partial charge in [0, 0.05) is 29.7 Å². The van der Waals surface area contributed by atoms with Gasteiger partial charge in [-0.05, 0) is 48.6 Å². The van der Waals surface area contributed by atoms with E-state index in [1.807, 2.05) is 13.8 Å². The van der Waals surface area contributed by atoms with Crippen molar-refractivity contribution in [2.24, 2.45) is 5.92 Å². The van der Waals surface area contributed by atoms with Crippen LogP contribution in [0.15, 0.2) is 30.3 Å². The summed E-state index contributed by atoms with van der Waals surface area (Å²) in [6.07, 6.45) is -0.664. The zero-order valence-electron chi connectivity index (χ0n) is 19.0. The average Bonchev–Trinajstić information content (AvgIpc) is 3.47. The van der Waals surface area contributed by atoms with Crippen molar-refractivity contribution in [1.82, 2.24) is 4.90 Å². The van der Waals surface area contributed by atoms with Crippen LogP contribution in [-0.4, -0.2) is 54.0 Å². The molecule has 2 fully saturated rings. The standard InChI is InChI=1S/C25H27ClF2N2O4/c1-13(2)22-12-33-25(32)30(22)15-3-4-19(27)23(9-15)34-24-18-7-14(26)8-20(28)17(18)10-21(24)29-6-5-16(31)11-29/h3-4,7-9,13,16,21-22,24,31H,5-6,10-12H2,1-2H3/t16-,21+,22-,24+/m1/s1. The van der Waals surface area contributed by atoms with Crippen LogP contribution in [0.4, 0.5) is 19.3 Å². The second kappa shape index (κ2) is 8.98. The van der Waals surface area contributed by atoms with Gasteiger partial charge in [0.25, 0.3) is 0 Å². The third-order valence-corrected chi connectivity index (χ3v) is 7.27. The Morgan fingerprint density at radius 2 is 2.00 bits per heavy atom. The lowest BCUT2D eigenvalue weighted by Gasteiger charge is -2.30. The SMILES string of the molecule is CC(C)[C@H]1COC(=O)N1c1ccc(F)c(O[C@H]2c3cc(Cl)cc(F)c3C[C@@H]2N2CC[C@@H](O)C2)c1. The van der Waals surface area contributed by atoms with E-state index in [0.29, 0.717) is 42.7 Å². The van der Waals surface area contributed by atoms with Crippen molar-refractivity contribution in [3.05, 3.63) is 58.1 Å². The molecule has 0 radical (unpaired) electrons. The lowest BCUT2D eigenvalue weighted by atomic mass is 10.0. The minimum absolute atomic E-state index is 0.0392. The van der Waals surface area contributed by atoms with Gasteiger partial charge in [-0.3, -0.25) is 9.80 Å². The number of fused-ring (bicyclic) bond motifs is 1. The van der Waals surface area contributed by atoms with Crippen molar-refractivity contribution in [3.63, 3.8) is 0 Å². The highest BCUT2D eigenvalue weighted by Crippen LogP contribution is 2.43. The summed E-state index contributed by atoms with van der Waals surface area (Å²) in [7, 11) is 0. The molecule has 1 aliphatic carbocycles. The van der Waals surface area contributed by atoms with E-state index in [1.165, 1.54) is 29.2 Å². The van der Waals surface area contributed by atoms with Gasteiger partial charge in [0.05, 0.1) is 23.9 Å². The van der Waals surface area contributed by atoms with E-state index in [2.05, 4.69) is 4.90 Å². The smallest absolute Gasteiger partial charge is 0.414 e. The number of carbonyl (C=O) groups excluding carboxylic acids is 1. The number of ether oxygens (including phenoxy) is 2. The first-order chi connectivity index (χ1) is 16.2. The minimum atomic E-state index is -0.690. The van der Waals surface area contributed by atoms with Crippen LogP contribution in [0.1, 0.15) is 37.5 Å². The number of hydrogen-bond acceptors (Lipinski definition) is 5. The van der Waals surface area contributed by atoms with Crippen molar-refractivity contribution in [3.8, 4) is 5.75 Å². The van der Waals surface area contributed by atoms with Gasteiger partial charge in [0.15, 0.2) is 11.6 Å². The number of likely N-dealkylation sites (tertiary alicyclic amines) is 1. The third-order valence-electron chi connectivity index (χ3n) is 7.05. The van der Waals surface area contributed by atoms with E-state index in [0.717, 1.165) is 0 Å². The summed E-state index contributed by atoms with van der Waals surface area (Å²) in [6, 6.07) is 6.74. The Morgan fingerprint density at radius 3 is 2.71 bits per heavy atom. The number of benzene rings is 2. The lowest BCUT2D eigenvalue weighted by Crippen LogP contribution is -2.39. The fourth-order valence-electron chi connectivity index (χ4n) is 5.24. The molecule has 1 N–H and O–H groups in total. The van der Waals surface area contributed by atoms with E-state index in [4.69, 9.17) is 21.1 Å². The number of aliphatic hydroxyl groups is 1.